The van der Waals surface area contributed by atoms with Crippen LogP contribution in [0.1, 0.15) is 38.8 Å². The molecule has 0 unspecified atom stereocenters. The van der Waals surface area contributed by atoms with E-state index in [2.05, 4.69) is 4.85 Å². The third-order valence-electron chi connectivity index (χ3n) is 2.58. The summed E-state index contributed by atoms with van der Waals surface area (Å²) in [6, 6.07) is 0. The van der Waals surface area contributed by atoms with Crippen LogP contribution < -0.4 is 0 Å². The molecule has 1 aromatic rings. The van der Waals surface area contributed by atoms with E-state index in [1.807, 2.05) is 0 Å². The molecular formula is C14H13F4N. The third-order valence-corrected chi connectivity index (χ3v) is 2.58. The number of benzene rings is 1. The number of rotatable bonds is 1. The van der Waals surface area contributed by atoms with Crippen molar-refractivity contribution >= 4 is 6.08 Å². The second kappa shape index (κ2) is 5.04. The van der Waals surface area contributed by atoms with Gasteiger partial charge in [0.2, 0.25) is 0 Å². The molecule has 0 N–H and O–H groups in total. The van der Waals surface area contributed by atoms with Crippen molar-refractivity contribution < 1.29 is 17.6 Å². The molecular weight excluding hydrogens is 258 g/mol. The second-order valence-corrected chi connectivity index (χ2v) is 5.19. The first-order chi connectivity index (χ1) is 8.61. The minimum Gasteiger partial charge on any atom is -0.243 e. The van der Waals surface area contributed by atoms with Crippen molar-refractivity contribution in [2.24, 2.45) is 0 Å². The maximum Gasteiger partial charge on any atom is 0.168 e. The maximum absolute atomic E-state index is 13.9. The molecule has 19 heavy (non-hydrogen) atoms. The highest BCUT2D eigenvalue weighted by Crippen LogP contribution is 2.33. The standard InChI is InChI=1S/C14H13F4N/c1-7(19-5)6-8-10(15)12(17)9(14(2,3)4)13(18)11(8)16/h6H,1-4H3/b7-6-. The minimum absolute atomic E-state index is 0.0693. The molecule has 1 aromatic carbocycles. The van der Waals surface area contributed by atoms with Gasteiger partial charge >= 0.3 is 0 Å². The molecule has 1 nitrogen and oxygen atoms in total. The van der Waals surface area contributed by atoms with Crippen LogP contribution in [-0.4, -0.2) is 0 Å². The molecule has 1 rings (SSSR count). The van der Waals surface area contributed by atoms with Crippen LogP contribution in [0.3, 0.4) is 0 Å². The van der Waals surface area contributed by atoms with Gasteiger partial charge in [0.05, 0.1) is 6.57 Å². The highest BCUT2D eigenvalue weighted by molar-refractivity contribution is 5.57. The van der Waals surface area contributed by atoms with Gasteiger partial charge in [-0.05, 0) is 18.4 Å². The lowest BCUT2D eigenvalue weighted by atomic mass is 9.85. The van der Waals surface area contributed by atoms with Crippen molar-refractivity contribution in [3.8, 4) is 0 Å². The summed E-state index contributed by atoms with van der Waals surface area (Å²) >= 11 is 0. The molecule has 0 bridgehead atoms. The molecule has 5 heteroatoms. The van der Waals surface area contributed by atoms with Crippen LogP contribution in [0.15, 0.2) is 5.70 Å². The van der Waals surface area contributed by atoms with E-state index in [1.54, 1.807) is 0 Å². The Hall–Kier alpha value is -1.83. The zero-order chi connectivity index (χ0) is 15.0. The van der Waals surface area contributed by atoms with Crippen LogP contribution in [0.4, 0.5) is 17.6 Å². The van der Waals surface area contributed by atoms with Crippen LogP contribution in [0, 0.1) is 29.8 Å². The largest absolute Gasteiger partial charge is 0.243 e. The second-order valence-electron chi connectivity index (χ2n) is 5.19. The molecule has 0 aliphatic heterocycles. The number of nitrogens with zero attached hydrogens (tertiary/aromatic N) is 1. The SMILES string of the molecule is [C-]#[N+]/C(C)=C\c1c(F)c(F)c(C(C)(C)C)c(F)c1F. The van der Waals surface area contributed by atoms with Gasteiger partial charge in [0, 0.05) is 11.1 Å². The van der Waals surface area contributed by atoms with Gasteiger partial charge in [0.1, 0.15) is 0 Å². The Kier molecular flexibility index (Phi) is 4.04. The molecule has 0 spiro atoms. The highest BCUT2D eigenvalue weighted by atomic mass is 19.2. The Morgan fingerprint density at radius 3 is 1.74 bits per heavy atom. The first kappa shape index (κ1) is 15.2. The minimum atomic E-state index is -1.48. The summed E-state index contributed by atoms with van der Waals surface area (Å²) in [6.07, 6.45) is 0.788. The molecule has 0 aliphatic rings. The molecule has 0 aromatic heterocycles. The van der Waals surface area contributed by atoms with Gasteiger partial charge in [-0.15, -0.1) is 0 Å². The van der Waals surface area contributed by atoms with Crippen molar-refractivity contribution in [3.63, 3.8) is 0 Å². The van der Waals surface area contributed by atoms with E-state index in [1.165, 1.54) is 27.7 Å². The molecule has 0 heterocycles. The molecule has 0 saturated carbocycles. The Morgan fingerprint density at radius 1 is 1.00 bits per heavy atom. The van der Waals surface area contributed by atoms with E-state index in [-0.39, 0.29) is 5.70 Å². The lowest BCUT2D eigenvalue weighted by molar-refractivity contribution is 0.402. The van der Waals surface area contributed by atoms with Crippen molar-refractivity contribution in [1.29, 1.82) is 0 Å². The lowest BCUT2D eigenvalue weighted by Crippen LogP contribution is -2.19. The van der Waals surface area contributed by atoms with Crippen molar-refractivity contribution in [1.82, 2.24) is 0 Å². The van der Waals surface area contributed by atoms with Gasteiger partial charge in [-0.25, -0.2) is 22.4 Å². The average molecular weight is 271 g/mol. The third kappa shape index (κ3) is 2.78. The predicted molar refractivity (Wildman–Crippen MR) is 65.2 cm³/mol. The molecule has 102 valence electrons. The van der Waals surface area contributed by atoms with E-state index < -0.39 is 39.8 Å². The monoisotopic (exact) mass is 271 g/mol. The van der Waals surface area contributed by atoms with Gasteiger partial charge in [0.25, 0.3) is 0 Å². The highest BCUT2D eigenvalue weighted by Gasteiger charge is 2.31. The number of halogens is 4. The molecule has 0 amide bonds. The lowest BCUT2D eigenvalue weighted by Gasteiger charge is -2.22. The van der Waals surface area contributed by atoms with Crippen LogP contribution >= 0.6 is 0 Å². The van der Waals surface area contributed by atoms with E-state index in [4.69, 9.17) is 6.57 Å². The van der Waals surface area contributed by atoms with Gasteiger partial charge in [-0.2, -0.15) is 0 Å². The van der Waals surface area contributed by atoms with Crippen molar-refractivity contribution in [2.75, 3.05) is 0 Å². The van der Waals surface area contributed by atoms with Crippen molar-refractivity contribution in [2.45, 2.75) is 33.1 Å². The first-order valence-corrected chi connectivity index (χ1v) is 5.53. The predicted octanol–water partition coefficient (Wildman–Crippen LogP) is 4.82. The van der Waals surface area contributed by atoms with Gasteiger partial charge < -0.3 is 0 Å². The topological polar surface area (TPSA) is 4.36 Å². The zero-order valence-electron chi connectivity index (χ0n) is 11.0. The Morgan fingerprint density at radius 2 is 1.42 bits per heavy atom. The van der Waals surface area contributed by atoms with Crippen LogP contribution in [0.5, 0.6) is 0 Å². The number of hydrogen-bond donors (Lipinski definition) is 0. The zero-order valence-corrected chi connectivity index (χ0v) is 11.0. The Balaban J connectivity index is 3.73. The Labute approximate surface area is 109 Å². The molecule has 0 aliphatic carbocycles. The van der Waals surface area contributed by atoms with E-state index in [0.717, 1.165) is 6.08 Å². The maximum atomic E-state index is 13.9. The summed E-state index contributed by atoms with van der Waals surface area (Å²) < 4.78 is 55.3. The molecule has 0 fully saturated rings. The van der Waals surface area contributed by atoms with Gasteiger partial charge in [-0.3, -0.25) is 0 Å². The summed E-state index contributed by atoms with van der Waals surface area (Å²) in [6.45, 7) is 12.3. The smallest absolute Gasteiger partial charge is 0.168 e. The molecule has 0 radical (unpaired) electrons. The summed E-state index contributed by atoms with van der Waals surface area (Å²) in [4.78, 5) is 2.93. The van der Waals surface area contributed by atoms with Crippen LogP contribution in [-0.2, 0) is 5.41 Å². The van der Waals surface area contributed by atoms with Gasteiger partial charge in [0.15, 0.2) is 29.0 Å². The number of hydrogen-bond acceptors (Lipinski definition) is 0. The summed E-state index contributed by atoms with van der Waals surface area (Å²) in [5.74, 6) is -5.80. The van der Waals surface area contributed by atoms with Crippen molar-refractivity contribution in [3.05, 3.63) is 51.5 Å². The summed E-state index contributed by atoms with van der Waals surface area (Å²) in [5, 5.41) is 0. The Bertz CT molecular complexity index is 560. The van der Waals surface area contributed by atoms with E-state index >= 15 is 0 Å². The van der Waals surface area contributed by atoms with E-state index in [9.17, 15) is 17.6 Å². The number of allylic oxidation sites excluding steroid dienone is 1. The fourth-order valence-electron chi connectivity index (χ4n) is 1.68. The summed E-state index contributed by atoms with van der Waals surface area (Å²) in [5.41, 5.74) is -2.65. The van der Waals surface area contributed by atoms with E-state index in [0.29, 0.717) is 0 Å². The fraction of sp³-hybridized carbons (Fsp3) is 0.357. The quantitative estimate of drug-likeness (QED) is 0.392. The fourth-order valence-corrected chi connectivity index (χ4v) is 1.68. The average Bonchev–Trinajstić information content (AvgIpc) is 2.30. The molecule has 0 atom stereocenters. The normalized spacial score (nSPS) is 12.5. The van der Waals surface area contributed by atoms with Crippen LogP contribution in [0.25, 0.3) is 10.9 Å². The first-order valence-electron chi connectivity index (χ1n) is 5.53. The van der Waals surface area contributed by atoms with Crippen LogP contribution in [0.2, 0.25) is 0 Å². The van der Waals surface area contributed by atoms with Gasteiger partial charge in [-0.1, -0.05) is 20.8 Å². The molecule has 0 saturated heterocycles. The summed E-state index contributed by atoms with van der Waals surface area (Å²) in [7, 11) is 0.